The van der Waals surface area contributed by atoms with Gasteiger partial charge in [-0.1, -0.05) is 30.0 Å². The van der Waals surface area contributed by atoms with Crippen molar-refractivity contribution in [3.63, 3.8) is 0 Å². The van der Waals surface area contributed by atoms with E-state index in [9.17, 15) is 5.26 Å². The summed E-state index contributed by atoms with van der Waals surface area (Å²) in [4.78, 5) is 0. The van der Waals surface area contributed by atoms with E-state index in [4.69, 9.17) is 23.7 Å². The van der Waals surface area contributed by atoms with Gasteiger partial charge in [0.15, 0.2) is 0 Å². The molecule has 0 fully saturated rings. The van der Waals surface area contributed by atoms with Gasteiger partial charge in [-0.3, -0.25) is 0 Å². The Morgan fingerprint density at radius 1 is 0.719 bits per heavy atom. The summed E-state index contributed by atoms with van der Waals surface area (Å²) >= 11 is 0. The number of ether oxygens (including phenoxy) is 5. The minimum Gasteiger partial charge on any atom is -0.496 e. The molecular weight excluding hydrogens is 406 g/mol. The normalized spacial score (nSPS) is 16.1. The lowest BCUT2D eigenvalue weighted by Crippen LogP contribution is -2.44. The van der Waals surface area contributed by atoms with Crippen molar-refractivity contribution in [2.45, 2.75) is 11.6 Å². The summed E-state index contributed by atoms with van der Waals surface area (Å²) in [5.74, 6) is 4.21. The van der Waals surface area contributed by atoms with Crippen LogP contribution in [0.4, 0.5) is 0 Å². The molecule has 0 radical (unpaired) electrons. The first-order chi connectivity index (χ1) is 15.5. The van der Waals surface area contributed by atoms with Crippen molar-refractivity contribution in [2.75, 3.05) is 35.5 Å². The van der Waals surface area contributed by atoms with Gasteiger partial charge < -0.3 is 23.7 Å². The van der Waals surface area contributed by atoms with Crippen LogP contribution in [0.1, 0.15) is 16.7 Å². The zero-order valence-electron chi connectivity index (χ0n) is 18.8. The van der Waals surface area contributed by atoms with E-state index in [-0.39, 0.29) is 0 Å². The molecule has 32 heavy (non-hydrogen) atoms. The lowest BCUT2D eigenvalue weighted by molar-refractivity contribution is -0.158. The first-order valence-corrected chi connectivity index (χ1v) is 9.84. The molecule has 2 aromatic carbocycles. The molecule has 3 rings (SSSR count). The van der Waals surface area contributed by atoms with Crippen molar-refractivity contribution in [3.8, 4) is 23.7 Å². The summed E-state index contributed by atoms with van der Waals surface area (Å²) in [7, 11) is 7.69. The Balaban J connectivity index is 2.26. The molecule has 1 aliphatic rings. The molecule has 0 unspecified atom stereocenters. The number of benzene rings is 2. The highest BCUT2D eigenvalue weighted by Gasteiger charge is 2.46. The van der Waals surface area contributed by atoms with Gasteiger partial charge in [0.2, 0.25) is 11.6 Å². The third-order valence-electron chi connectivity index (χ3n) is 5.37. The van der Waals surface area contributed by atoms with Gasteiger partial charge in [-0.05, 0) is 42.5 Å². The van der Waals surface area contributed by atoms with Crippen molar-refractivity contribution in [2.24, 2.45) is 0 Å². The second kappa shape index (κ2) is 9.82. The fourth-order valence-corrected chi connectivity index (χ4v) is 3.62. The standard InChI is InChI=1S/C26H25NO5/c1-28-24-14-12-20(18-27)15-22(24)23-17-25(29-2,30-3)21(16-26(23,31-4)32-5)13-11-19-9-7-6-8-10-19/h6-10,12,14-17H,1-5H3. The summed E-state index contributed by atoms with van der Waals surface area (Å²) in [5, 5.41) is 9.43. The minimum absolute atomic E-state index is 0.460. The van der Waals surface area contributed by atoms with Crippen LogP contribution in [-0.2, 0) is 18.9 Å². The van der Waals surface area contributed by atoms with E-state index < -0.39 is 11.6 Å². The molecule has 0 heterocycles. The van der Waals surface area contributed by atoms with Gasteiger partial charge in [-0.2, -0.15) is 5.26 Å². The molecule has 0 aliphatic heterocycles. The van der Waals surface area contributed by atoms with Crippen LogP contribution in [-0.4, -0.2) is 47.1 Å². The Bertz CT molecular complexity index is 1120. The third kappa shape index (κ3) is 4.18. The van der Waals surface area contributed by atoms with E-state index >= 15 is 0 Å². The first-order valence-electron chi connectivity index (χ1n) is 9.84. The van der Waals surface area contributed by atoms with E-state index in [0.717, 1.165) is 5.56 Å². The zero-order chi connectivity index (χ0) is 23.2. The fourth-order valence-electron chi connectivity index (χ4n) is 3.62. The lowest BCUT2D eigenvalue weighted by atomic mass is 9.84. The van der Waals surface area contributed by atoms with Gasteiger partial charge in [0.25, 0.3) is 0 Å². The molecule has 6 heteroatoms. The lowest BCUT2D eigenvalue weighted by Gasteiger charge is -2.40. The van der Waals surface area contributed by atoms with Crippen LogP contribution >= 0.6 is 0 Å². The van der Waals surface area contributed by atoms with Gasteiger partial charge >= 0.3 is 0 Å². The molecule has 1 aliphatic carbocycles. The number of nitriles is 1. The average Bonchev–Trinajstić information content (AvgIpc) is 2.87. The molecule has 6 nitrogen and oxygen atoms in total. The summed E-state index contributed by atoms with van der Waals surface area (Å²) in [6.45, 7) is 0. The molecule has 2 aromatic rings. The highest BCUT2D eigenvalue weighted by atomic mass is 16.7. The molecule has 164 valence electrons. The number of methoxy groups -OCH3 is 5. The van der Waals surface area contributed by atoms with Crippen LogP contribution in [0.3, 0.4) is 0 Å². The zero-order valence-corrected chi connectivity index (χ0v) is 18.8. The molecule has 0 saturated heterocycles. The average molecular weight is 431 g/mol. The Hall–Kier alpha value is -3.39. The van der Waals surface area contributed by atoms with Gasteiger partial charge in [0.05, 0.1) is 24.3 Å². The van der Waals surface area contributed by atoms with Crippen molar-refractivity contribution in [1.82, 2.24) is 0 Å². The molecule has 0 N–H and O–H groups in total. The third-order valence-corrected chi connectivity index (χ3v) is 5.37. The summed E-state index contributed by atoms with van der Waals surface area (Å²) in [6.07, 6.45) is 3.47. The van der Waals surface area contributed by atoms with E-state index in [1.54, 1.807) is 37.5 Å². The Morgan fingerprint density at radius 2 is 1.38 bits per heavy atom. The molecule has 0 saturated carbocycles. The molecular formula is C26H25NO5. The SMILES string of the molecule is COc1ccc(C#N)cc1C1=CC(OC)(OC)C(C#Cc2ccccc2)=CC1(OC)OC. The second-order valence-corrected chi connectivity index (χ2v) is 6.91. The number of rotatable bonds is 6. The maximum atomic E-state index is 9.43. The summed E-state index contributed by atoms with van der Waals surface area (Å²) in [5.41, 5.74) is 2.98. The van der Waals surface area contributed by atoms with Crippen LogP contribution in [0.5, 0.6) is 5.75 Å². The Morgan fingerprint density at radius 3 is 1.94 bits per heavy atom. The van der Waals surface area contributed by atoms with Crippen molar-refractivity contribution in [3.05, 3.63) is 82.9 Å². The van der Waals surface area contributed by atoms with E-state index in [2.05, 4.69) is 17.9 Å². The van der Waals surface area contributed by atoms with E-state index in [0.29, 0.717) is 28.0 Å². The largest absolute Gasteiger partial charge is 0.496 e. The van der Waals surface area contributed by atoms with Gasteiger partial charge in [0, 0.05) is 45.1 Å². The molecule has 0 aromatic heterocycles. The quantitative estimate of drug-likeness (QED) is 0.510. The number of hydrogen-bond acceptors (Lipinski definition) is 6. The molecule has 0 bridgehead atoms. The minimum atomic E-state index is -1.32. The topological polar surface area (TPSA) is 69.9 Å². The first kappa shape index (κ1) is 23.3. The Labute approximate surface area is 188 Å². The van der Waals surface area contributed by atoms with Crippen LogP contribution in [0.25, 0.3) is 5.57 Å². The number of nitrogens with zero attached hydrogens (tertiary/aromatic N) is 1. The van der Waals surface area contributed by atoms with Crippen molar-refractivity contribution in [1.29, 1.82) is 5.26 Å². The van der Waals surface area contributed by atoms with Crippen LogP contribution in [0.15, 0.2) is 66.3 Å². The van der Waals surface area contributed by atoms with Gasteiger partial charge in [-0.15, -0.1) is 0 Å². The Kier molecular flexibility index (Phi) is 7.15. The summed E-state index contributed by atoms with van der Waals surface area (Å²) < 4.78 is 28.9. The van der Waals surface area contributed by atoms with Crippen molar-refractivity contribution < 1.29 is 23.7 Å². The maximum absolute atomic E-state index is 9.43. The summed E-state index contributed by atoms with van der Waals surface area (Å²) in [6, 6.07) is 16.9. The molecule has 0 atom stereocenters. The second-order valence-electron chi connectivity index (χ2n) is 6.91. The van der Waals surface area contributed by atoms with Gasteiger partial charge in [-0.25, -0.2) is 0 Å². The smallest absolute Gasteiger partial charge is 0.223 e. The van der Waals surface area contributed by atoms with Gasteiger partial charge in [0.1, 0.15) is 5.75 Å². The van der Waals surface area contributed by atoms with Crippen LogP contribution < -0.4 is 4.74 Å². The monoisotopic (exact) mass is 431 g/mol. The highest BCUT2D eigenvalue weighted by Crippen LogP contribution is 2.45. The van der Waals surface area contributed by atoms with Crippen LogP contribution in [0, 0.1) is 23.2 Å². The predicted octanol–water partition coefficient (Wildman–Crippen LogP) is 3.92. The molecule has 0 spiro atoms. The van der Waals surface area contributed by atoms with E-state index in [1.807, 2.05) is 30.3 Å². The fraction of sp³-hybridized carbons (Fsp3) is 0.269. The van der Waals surface area contributed by atoms with Crippen LogP contribution in [0.2, 0.25) is 0 Å². The maximum Gasteiger partial charge on any atom is 0.223 e. The van der Waals surface area contributed by atoms with E-state index in [1.165, 1.54) is 28.4 Å². The predicted molar refractivity (Wildman–Crippen MR) is 121 cm³/mol. The number of hydrogen-bond donors (Lipinski definition) is 0. The highest BCUT2D eigenvalue weighted by molar-refractivity contribution is 5.81. The van der Waals surface area contributed by atoms with Crippen molar-refractivity contribution >= 4 is 5.57 Å². The molecule has 0 amide bonds.